The van der Waals surface area contributed by atoms with Gasteiger partial charge in [-0.15, -0.1) is 0 Å². The van der Waals surface area contributed by atoms with Crippen molar-refractivity contribution >= 4 is 23.3 Å². The molecule has 0 radical (unpaired) electrons. The fourth-order valence-electron chi connectivity index (χ4n) is 2.54. The van der Waals surface area contributed by atoms with Crippen LogP contribution in [0.1, 0.15) is 12.8 Å². The number of halogens is 1. The standard InChI is InChI=1S/C15H17ClN4O2/c16-11-4-5-13(14(9-11)20-8-2-6-17-20)18-15(22)19-7-1-3-12(21)10-19/h2,4-6,8-9,12,21H,1,3,7,10H2,(H,18,22)/t12-/m0/s1. The topological polar surface area (TPSA) is 70.4 Å². The van der Waals surface area contributed by atoms with Gasteiger partial charge in [-0.05, 0) is 37.1 Å². The van der Waals surface area contributed by atoms with Crippen LogP contribution in [0.4, 0.5) is 10.5 Å². The second-order valence-corrected chi connectivity index (χ2v) is 5.72. The molecule has 1 aromatic heterocycles. The fraction of sp³-hybridized carbons (Fsp3) is 0.333. The first-order valence-electron chi connectivity index (χ1n) is 7.17. The second-order valence-electron chi connectivity index (χ2n) is 5.28. The number of carbonyl (C=O) groups excluding carboxylic acids is 1. The van der Waals surface area contributed by atoms with E-state index in [0.29, 0.717) is 29.5 Å². The fourth-order valence-corrected chi connectivity index (χ4v) is 2.71. The number of nitrogens with zero attached hydrogens (tertiary/aromatic N) is 3. The number of nitrogens with one attached hydrogen (secondary N) is 1. The molecule has 22 heavy (non-hydrogen) atoms. The molecule has 1 aliphatic heterocycles. The predicted molar refractivity (Wildman–Crippen MR) is 84.4 cm³/mol. The van der Waals surface area contributed by atoms with E-state index in [0.717, 1.165) is 12.8 Å². The van der Waals surface area contributed by atoms with Crippen LogP contribution < -0.4 is 5.32 Å². The molecule has 7 heteroatoms. The van der Waals surface area contributed by atoms with E-state index < -0.39 is 6.10 Å². The summed E-state index contributed by atoms with van der Waals surface area (Å²) >= 11 is 6.04. The summed E-state index contributed by atoms with van der Waals surface area (Å²) in [5, 5.41) is 17.3. The van der Waals surface area contributed by atoms with Crippen molar-refractivity contribution in [3.63, 3.8) is 0 Å². The van der Waals surface area contributed by atoms with E-state index in [1.54, 1.807) is 46.2 Å². The van der Waals surface area contributed by atoms with Crippen LogP contribution in [-0.4, -0.2) is 45.0 Å². The van der Waals surface area contributed by atoms with Gasteiger partial charge in [0.05, 0.1) is 17.5 Å². The quantitative estimate of drug-likeness (QED) is 0.893. The van der Waals surface area contributed by atoms with Crippen LogP contribution in [0.3, 0.4) is 0 Å². The molecule has 1 atom stereocenters. The maximum absolute atomic E-state index is 12.4. The summed E-state index contributed by atoms with van der Waals surface area (Å²) < 4.78 is 1.65. The van der Waals surface area contributed by atoms with Crippen LogP contribution in [-0.2, 0) is 0 Å². The zero-order valence-corrected chi connectivity index (χ0v) is 12.7. The van der Waals surface area contributed by atoms with Crippen molar-refractivity contribution in [2.45, 2.75) is 18.9 Å². The normalized spacial score (nSPS) is 18.3. The molecule has 6 nitrogen and oxygen atoms in total. The minimum absolute atomic E-state index is 0.227. The minimum atomic E-state index is -0.449. The number of aromatic nitrogens is 2. The summed E-state index contributed by atoms with van der Waals surface area (Å²) in [5.74, 6) is 0. The Bertz CT molecular complexity index is 660. The highest BCUT2D eigenvalue weighted by molar-refractivity contribution is 6.30. The van der Waals surface area contributed by atoms with Crippen LogP contribution in [0.15, 0.2) is 36.7 Å². The van der Waals surface area contributed by atoms with E-state index in [9.17, 15) is 9.90 Å². The molecule has 1 aromatic carbocycles. The maximum atomic E-state index is 12.4. The molecule has 1 aliphatic rings. The highest BCUT2D eigenvalue weighted by atomic mass is 35.5. The summed E-state index contributed by atoms with van der Waals surface area (Å²) in [5.41, 5.74) is 1.32. The average Bonchev–Trinajstić information content (AvgIpc) is 3.03. The van der Waals surface area contributed by atoms with Crippen molar-refractivity contribution in [3.05, 3.63) is 41.7 Å². The number of aliphatic hydroxyl groups excluding tert-OH is 1. The number of rotatable bonds is 2. The first kappa shape index (κ1) is 14.9. The smallest absolute Gasteiger partial charge is 0.321 e. The lowest BCUT2D eigenvalue weighted by Crippen LogP contribution is -2.44. The van der Waals surface area contributed by atoms with Crippen LogP contribution in [0.2, 0.25) is 5.02 Å². The number of anilines is 1. The number of hydrogen-bond acceptors (Lipinski definition) is 3. The molecule has 0 bridgehead atoms. The molecule has 0 aliphatic carbocycles. The molecule has 1 fully saturated rings. The summed E-state index contributed by atoms with van der Waals surface area (Å²) in [6.45, 7) is 1.00. The lowest BCUT2D eigenvalue weighted by molar-refractivity contribution is 0.0883. The van der Waals surface area contributed by atoms with Crippen molar-refractivity contribution in [2.24, 2.45) is 0 Å². The van der Waals surface area contributed by atoms with Crippen molar-refractivity contribution in [2.75, 3.05) is 18.4 Å². The Labute approximate surface area is 133 Å². The molecule has 2 aromatic rings. The number of piperidine rings is 1. The average molecular weight is 321 g/mol. The van der Waals surface area contributed by atoms with Gasteiger partial charge in [0, 0.05) is 30.5 Å². The number of amides is 2. The number of hydrogen-bond donors (Lipinski definition) is 2. The Morgan fingerprint density at radius 3 is 3.05 bits per heavy atom. The molecule has 0 unspecified atom stereocenters. The Morgan fingerprint density at radius 1 is 1.45 bits per heavy atom. The SMILES string of the molecule is O=C(Nc1ccc(Cl)cc1-n1cccn1)N1CCC[C@H](O)C1. The third-order valence-corrected chi connectivity index (χ3v) is 3.87. The summed E-state index contributed by atoms with van der Waals surface area (Å²) in [6.07, 6.45) is 4.54. The zero-order chi connectivity index (χ0) is 15.5. The molecule has 3 rings (SSSR count). The minimum Gasteiger partial charge on any atom is -0.391 e. The molecule has 1 saturated heterocycles. The van der Waals surface area contributed by atoms with Gasteiger partial charge >= 0.3 is 6.03 Å². The maximum Gasteiger partial charge on any atom is 0.321 e. The van der Waals surface area contributed by atoms with Gasteiger partial charge in [-0.3, -0.25) is 0 Å². The van der Waals surface area contributed by atoms with E-state index in [4.69, 9.17) is 11.6 Å². The van der Waals surface area contributed by atoms with Crippen LogP contribution >= 0.6 is 11.6 Å². The summed E-state index contributed by atoms with van der Waals surface area (Å²) in [6, 6.07) is 6.78. The largest absolute Gasteiger partial charge is 0.391 e. The van der Waals surface area contributed by atoms with E-state index in [-0.39, 0.29) is 6.03 Å². The van der Waals surface area contributed by atoms with Crippen LogP contribution in [0, 0.1) is 0 Å². The zero-order valence-electron chi connectivity index (χ0n) is 11.9. The Morgan fingerprint density at radius 2 is 2.32 bits per heavy atom. The van der Waals surface area contributed by atoms with Gasteiger partial charge in [0.15, 0.2) is 0 Å². The Hall–Kier alpha value is -2.05. The van der Waals surface area contributed by atoms with Gasteiger partial charge in [0.25, 0.3) is 0 Å². The first-order chi connectivity index (χ1) is 10.6. The monoisotopic (exact) mass is 320 g/mol. The molecule has 0 spiro atoms. The Balaban J connectivity index is 1.81. The summed E-state index contributed by atoms with van der Waals surface area (Å²) in [4.78, 5) is 14.0. The molecular weight excluding hydrogens is 304 g/mol. The molecule has 0 saturated carbocycles. The first-order valence-corrected chi connectivity index (χ1v) is 7.55. The number of benzene rings is 1. The van der Waals surface area contributed by atoms with Crippen molar-refractivity contribution in [3.8, 4) is 5.69 Å². The third kappa shape index (κ3) is 3.23. The van der Waals surface area contributed by atoms with Gasteiger partial charge in [-0.2, -0.15) is 5.10 Å². The number of urea groups is 1. The van der Waals surface area contributed by atoms with Crippen molar-refractivity contribution in [1.29, 1.82) is 0 Å². The van der Waals surface area contributed by atoms with E-state index >= 15 is 0 Å². The van der Waals surface area contributed by atoms with Crippen molar-refractivity contribution < 1.29 is 9.90 Å². The lowest BCUT2D eigenvalue weighted by atomic mass is 10.1. The summed E-state index contributed by atoms with van der Waals surface area (Å²) in [7, 11) is 0. The van der Waals surface area contributed by atoms with Crippen LogP contribution in [0.5, 0.6) is 0 Å². The van der Waals surface area contributed by atoms with E-state index in [2.05, 4.69) is 10.4 Å². The number of β-amino-alcohol motifs (C(OH)–C–C–N with tert-alkyl or cyclic N) is 1. The van der Waals surface area contributed by atoms with Gasteiger partial charge in [-0.1, -0.05) is 11.6 Å². The van der Waals surface area contributed by atoms with Crippen LogP contribution in [0.25, 0.3) is 5.69 Å². The predicted octanol–water partition coefficient (Wildman–Crippen LogP) is 2.51. The van der Waals surface area contributed by atoms with Gasteiger partial charge in [0.2, 0.25) is 0 Å². The molecule has 2 amide bonds. The van der Waals surface area contributed by atoms with Gasteiger partial charge in [0.1, 0.15) is 0 Å². The number of likely N-dealkylation sites (tertiary alicyclic amines) is 1. The van der Waals surface area contributed by atoms with Gasteiger partial charge < -0.3 is 15.3 Å². The molecule has 2 heterocycles. The number of carbonyl (C=O) groups is 1. The van der Waals surface area contributed by atoms with Gasteiger partial charge in [-0.25, -0.2) is 9.48 Å². The third-order valence-electron chi connectivity index (χ3n) is 3.64. The second kappa shape index (κ2) is 6.37. The molecular formula is C15H17ClN4O2. The van der Waals surface area contributed by atoms with E-state index in [1.165, 1.54) is 0 Å². The Kier molecular flexibility index (Phi) is 4.31. The highest BCUT2D eigenvalue weighted by Crippen LogP contribution is 2.24. The van der Waals surface area contributed by atoms with E-state index in [1.807, 2.05) is 0 Å². The number of aliphatic hydroxyl groups is 1. The highest BCUT2D eigenvalue weighted by Gasteiger charge is 2.22. The molecule has 116 valence electrons. The molecule has 2 N–H and O–H groups in total. The lowest BCUT2D eigenvalue weighted by Gasteiger charge is -2.30. The van der Waals surface area contributed by atoms with Crippen molar-refractivity contribution in [1.82, 2.24) is 14.7 Å².